The molecule has 2 amide bonds. The molecule has 2 fully saturated rings. The summed E-state index contributed by atoms with van der Waals surface area (Å²) in [5.74, 6) is -0.224. The number of nitrogens with one attached hydrogen (secondary N) is 3. The second-order valence-electron chi connectivity index (χ2n) is 5.42. The Hall–Kier alpha value is -2.12. The molecule has 2 aliphatic heterocycles. The van der Waals surface area contributed by atoms with Crippen LogP contribution in [0.15, 0.2) is 24.3 Å². The fraction of sp³-hybridized carbons (Fsp3) is 0.467. The second kappa shape index (κ2) is 6.76. The van der Waals surface area contributed by atoms with Crippen LogP contribution in [0.3, 0.4) is 0 Å². The SMILES string of the molecule is O=C1CCC(C(=O)Nc2ccc(N3CCOCC3)cc2)NN1. The van der Waals surface area contributed by atoms with Crippen molar-refractivity contribution in [2.45, 2.75) is 18.9 Å². The number of hydrogen-bond acceptors (Lipinski definition) is 5. The van der Waals surface area contributed by atoms with Gasteiger partial charge >= 0.3 is 0 Å². The Kier molecular flexibility index (Phi) is 4.55. The van der Waals surface area contributed by atoms with Crippen LogP contribution in [0.25, 0.3) is 0 Å². The molecule has 0 aromatic heterocycles. The van der Waals surface area contributed by atoms with Crippen LogP contribution in [0, 0.1) is 0 Å². The lowest BCUT2D eigenvalue weighted by Crippen LogP contribution is -2.54. The minimum absolute atomic E-state index is 0.0843. The van der Waals surface area contributed by atoms with Crippen molar-refractivity contribution < 1.29 is 14.3 Å². The molecule has 1 aromatic rings. The number of anilines is 2. The molecule has 3 rings (SSSR count). The van der Waals surface area contributed by atoms with Crippen LogP contribution in [0.1, 0.15) is 12.8 Å². The van der Waals surface area contributed by atoms with E-state index in [0.717, 1.165) is 37.7 Å². The fourth-order valence-corrected chi connectivity index (χ4v) is 2.58. The van der Waals surface area contributed by atoms with Crippen molar-refractivity contribution in [3.63, 3.8) is 0 Å². The summed E-state index contributed by atoms with van der Waals surface area (Å²) in [6.45, 7) is 3.27. The van der Waals surface area contributed by atoms with Crippen molar-refractivity contribution in [2.75, 3.05) is 36.5 Å². The number of rotatable bonds is 3. The average molecular weight is 304 g/mol. The standard InChI is InChI=1S/C15H20N4O3/c20-14-6-5-13(17-18-14)15(21)16-11-1-3-12(4-2-11)19-7-9-22-10-8-19/h1-4,13,17H,5-10H2,(H,16,21)(H,18,20). The molecule has 1 unspecified atom stereocenters. The minimum Gasteiger partial charge on any atom is -0.378 e. The van der Waals surface area contributed by atoms with Gasteiger partial charge in [-0.15, -0.1) is 0 Å². The number of carbonyl (C=O) groups excluding carboxylic acids is 2. The Morgan fingerprint density at radius 2 is 1.95 bits per heavy atom. The zero-order valence-corrected chi connectivity index (χ0v) is 12.3. The predicted molar refractivity (Wildman–Crippen MR) is 82.4 cm³/mol. The first kappa shape index (κ1) is 14.8. The molecule has 3 N–H and O–H groups in total. The summed E-state index contributed by atoms with van der Waals surface area (Å²) in [4.78, 5) is 25.4. The van der Waals surface area contributed by atoms with Gasteiger partial charge < -0.3 is 15.0 Å². The molecular weight excluding hydrogens is 284 g/mol. The normalized spacial score (nSPS) is 22.1. The lowest BCUT2D eigenvalue weighted by Gasteiger charge is -2.29. The van der Waals surface area contributed by atoms with E-state index in [1.165, 1.54) is 0 Å². The highest BCUT2D eigenvalue weighted by atomic mass is 16.5. The van der Waals surface area contributed by atoms with Gasteiger partial charge in [-0.3, -0.25) is 15.0 Å². The number of hydrogen-bond donors (Lipinski definition) is 3. The van der Waals surface area contributed by atoms with E-state index >= 15 is 0 Å². The number of benzene rings is 1. The van der Waals surface area contributed by atoms with Crippen molar-refractivity contribution in [2.24, 2.45) is 0 Å². The molecule has 22 heavy (non-hydrogen) atoms. The van der Waals surface area contributed by atoms with Gasteiger partial charge in [-0.1, -0.05) is 0 Å². The molecule has 7 nitrogen and oxygen atoms in total. The molecule has 1 aromatic carbocycles. The molecule has 0 aliphatic carbocycles. The predicted octanol–water partition coefficient (Wildman–Crippen LogP) is 0.245. The van der Waals surface area contributed by atoms with Crippen molar-refractivity contribution in [3.8, 4) is 0 Å². The second-order valence-corrected chi connectivity index (χ2v) is 5.42. The molecule has 7 heteroatoms. The maximum Gasteiger partial charge on any atom is 0.243 e. The van der Waals surface area contributed by atoms with Gasteiger partial charge in [-0.2, -0.15) is 0 Å². The number of carbonyl (C=O) groups is 2. The summed E-state index contributed by atoms with van der Waals surface area (Å²) in [7, 11) is 0. The summed E-state index contributed by atoms with van der Waals surface area (Å²) in [5.41, 5.74) is 7.08. The molecule has 0 bridgehead atoms. The van der Waals surface area contributed by atoms with E-state index in [1.807, 2.05) is 24.3 Å². The van der Waals surface area contributed by atoms with E-state index in [-0.39, 0.29) is 11.8 Å². The molecular formula is C15H20N4O3. The lowest BCUT2D eigenvalue weighted by atomic mass is 10.1. The summed E-state index contributed by atoms with van der Waals surface area (Å²) in [6.07, 6.45) is 0.866. The van der Waals surface area contributed by atoms with E-state index in [9.17, 15) is 9.59 Å². The molecule has 0 spiro atoms. The van der Waals surface area contributed by atoms with Gasteiger partial charge in [0.1, 0.15) is 6.04 Å². The first-order valence-corrected chi connectivity index (χ1v) is 7.50. The van der Waals surface area contributed by atoms with Gasteiger partial charge in [-0.05, 0) is 30.7 Å². The Morgan fingerprint density at radius 1 is 1.23 bits per heavy atom. The highest BCUT2D eigenvalue weighted by Gasteiger charge is 2.24. The number of amides is 2. The van der Waals surface area contributed by atoms with E-state index in [2.05, 4.69) is 21.1 Å². The summed E-state index contributed by atoms with van der Waals surface area (Å²) in [5, 5.41) is 2.86. The number of morpholine rings is 1. The van der Waals surface area contributed by atoms with Gasteiger partial charge in [-0.25, -0.2) is 5.43 Å². The maximum absolute atomic E-state index is 12.1. The average Bonchev–Trinajstić information content (AvgIpc) is 2.57. The van der Waals surface area contributed by atoms with Gasteiger partial charge in [0.15, 0.2) is 0 Å². The molecule has 0 saturated carbocycles. The maximum atomic E-state index is 12.1. The Labute approximate surface area is 129 Å². The van der Waals surface area contributed by atoms with E-state index < -0.39 is 6.04 Å². The number of ether oxygens (including phenoxy) is 1. The molecule has 2 saturated heterocycles. The monoisotopic (exact) mass is 304 g/mol. The van der Waals surface area contributed by atoms with Crippen molar-refractivity contribution in [1.82, 2.24) is 10.9 Å². The molecule has 2 aliphatic rings. The first-order chi connectivity index (χ1) is 10.7. The third-order valence-electron chi connectivity index (χ3n) is 3.87. The summed E-state index contributed by atoms with van der Waals surface area (Å²) in [6, 6.07) is 7.39. The zero-order chi connectivity index (χ0) is 15.4. The number of hydrazine groups is 1. The zero-order valence-electron chi connectivity index (χ0n) is 12.3. The Morgan fingerprint density at radius 3 is 2.59 bits per heavy atom. The molecule has 118 valence electrons. The fourth-order valence-electron chi connectivity index (χ4n) is 2.58. The first-order valence-electron chi connectivity index (χ1n) is 7.50. The van der Waals surface area contributed by atoms with Crippen LogP contribution in [0.2, 0.25) is 0 Å². The Bertz CT molecular complexity index is 530. The highest BCUT2D eigenvalue weighted by Crippen LogP contribution is 2.19. The van der Waals surface area contributed by atoms with Crippen LogP contribution >= 0.6 is 0 Å². The minimum atomic E-state index is -0.392. The van der Waals surface area contributed by atoms with E-state index in [0.29, 0.717) is 12.8 Å². The van der Waals surface area contributed by atoms with Crippen molar-refractivity contribution in [3.05, 3.63) is 24.3 Å². The van der Waals surface area contributed by atoms with Crippen LogP contribution < -0.4 is 21.1 Å². The van der Waals surface area contributed by atoms with Crippen LogP contribution in [0.5, 0.6) is 0 Å². The van der Waals surface area contributed by atoms with Crippen LogP contribution in [-0.4, -0.2) is 44.2 Å². The molecule has 1 atom stereocenters. The highest BCUT2D eigenvalue weighted by molar-refractivity contribution is 5.96. The van der Waals surface area contributed by atoms with Gasteiger partial charge in [0.2, 0.25) is 11.8 Å². The van der Waals surface area contributed by atoms with Crippen LogP contribution in [0.4, 0.5) is 11.4 Å². The van der Waals surface area contributed by atoms with Gasteiger partial charge in [0.25, 0.3) is 0 Å². The third kappa shape index (κ3) is 3.55. The van der Waals surface area contributed by atoms with E-state index in [4.69, 9.17) is 4.74 Å². The largest absolute Gasteiger partial charge is 0.378 e. The van der Waals surface area contributed by atoms with Crippen molar-refractivity contribution in [1.29, 1.82) is 0 Å². The lowest BCUT2D eigenvalue weighted by molar-refractivity contribution is -0.126. The van der Waals surface area contributed by atoms with E-state index in [1.54, 1.807) is 0 Å². The topological polar surface area (TPSA) is 82.7 Å². The summed E-state index contributed by atoms with van der Waals surface area (Å²) < 4.78 is 5.34. The summed E-state index contributed by atoms with van der Waals surface area (Å²) >= 11 is 0. The quantitative estimate of drug-likeness (QED) is 0.745. The van der Waals surface area contributed by atoms with Crippen LogP contribution in [-0.2, 0) is 14.3 Å². The van der Waals surface area contributed by atoms with Crippen molar-refractivity contribution >= 4 is 23.2 Å². The molecule has 0 radical (unpaired) electrons. The smallest absolute Gasteiger partial charge is 0.243 e. The third-order valence-corrected chi connectivity index (χ3v) is 3.87. The van der Waals surface area contributed by atoms with Gasteiger partial charge in [0.05, 0.1) is 13.2 Å². The Balaban J connectivity index is 1.56. The van der Waals surface area contributed by atoms with Gasteiger partial charge in [0, 0.05) is 30.9 Å². The molecule has 2 heterocycles. The number of nitrogens with zero attached hydrogens (tertiary/aromatic N) is 1.